The number of nitrogens with one attached hydrogen (secondary N) is 1. The molecule has 0 aromatic carbocycles. The Balaban J connectivity index is 2.66. The Morgan fingerprint density at radius 2 is 0.833 bits per heavy atom. The number of unbranched alkanes of at least 4 members (excludes halogenated alkanes) is 27. The minimum absolute atomic E-state index is 0.00602. The van der Waals surface area contributed by atoms with Crippen molar-refractivity contribution in [3.8, 4) is 0 Å². The molecule has 1 unspecified atom stereocenters. The van der Waals surface area contributed by atoms with E-state index in [9.17, 15) is 19.5 Å². The molecule has 0 saturated heterocycles. The number of allylic oxidation sites excluding steroid dienone is 8. The molecule has 1 saturated carbocycles. The predicted molar refractivity (Wildman–Crippen MR) is 362 cm³/mol. The summed E-state index contributed by atoms with van der Waals surface area (Å²) in [6.07, 6.45) is 73.1. The zero-order valence-corrected chi connectivity index (χ0v) is 56.0. The van der Waals surface area contributed by atoms with Gasteiger partial charge in [-0.1, -0.05) is 237 Å². The van der Waals surface area contributed by atoms with Crippen LogP contribution in [0.15, 0.2) is 48.6 Å². The van der Waals surface area contributed by atoms with Crippen LogP contribution in [0.5, 0.6) is 0 Å². The van der Waals surface area contributed by atoms with Gasteiger partial charge in [-0.25, -0.2) is 0 Å². The fourth-order valence-electron chi connectivity index (χ4n) is 11.9. The van der Waals surface area contributed by atoms with Gasteiger partial charge in [0.2, 0.25) is 5.91 Å². The van der Waals surface area contributed by atoms with Crippen molar-refractivity contribution in [1.29, 1.82) is 0 Å². The van der Waals surface area contributed by atoms with Crippen LogP contribution in [0.1, 0.15) is 336 Å². The monoisotopic (exact) mass is 1180 g/mol. The molecule has 0 radical (unpaired) electrons. The van der Waals surface area contributed by atoms with Crippen LogP contribution in [-0.4, -0.2) is 97.9 Å². The van der Waals surface area contributed by atoms with Gasteiger partial charge in [-0.05, 0) is 147 Å². The van der Waals surface area contributed by atoms with E-state index in [1.54, 1.807) is 0 Å². The first-order valence-corrected chi connectivity index (χ1v) is 36.6. The molecule has 1 rings (SSSR count). The number of ether oxygens (including phenoxy) is 2. The number of amides is 1. The first-order chi connectivity index (χ1) is 41.4. The Morgan fingerprint density at radius 3 is 1.36 bits per heavy atom. The first-order valence-electron chi connectivity index (χ1n) is 36.6. The Labute approximate surface area is 521 Å². The van der Waals surface area contributed by atoms with Gasteiger partial charge in [0, 0.05) is 57.4 Å². The molecule has 9 heteroatoms. The molecule has 0 heterocycles. The number of esters is 2. The normalized spacial score (nSPS) is 13.8. The highest BCUT2D eigenvalue weighted by molar-refractivity contribution is 5.75. The summed E-state index contributed by atoms with van der Waals surface area (Å²) in [6, 6.07) is 0.594. The highest BCUT2D eigenvalue weighted by atomic mass is 16.5. The van der Waals surface area contributed by atoms with Crippen LogP contribution < -0.4 is 5.32 Å². The maximum absolute atomic E-state index is 13.0. The minimum atomic E-state index is -0.130. The van der Waals surface area contributed by atoms with Gasteiger partial charge in [0.25, 0.3) is 0 Å². The molecule has 0 spiro atoms. The molecular formula is C75H139N3O6. The van der Waals surface area contributed by atoms with Crippen molar-refractivity contribution in [3.63, 3.8) is 0 Å². The van der Waals surface area contributed by atoms with Crippen molar-refractivity contribution in [1.82, 2.24) is 15.1 Å². The zero-order chi connectivity index (χ0) is 60.7. The van der Waals surface area contributed by atoms with Crippen molar-refractivity contribution >= 4 is 17.8 Å². The number of aliphatic hydroxyl groups excluding tert-OH is 1. The van der Waals surface area contributed by atoms with Gasteiger partial charge in [-0.3, -0.25) is 24.2 Å². The SMILES string of the molecule is CCCCC/C=C\C/C=C\CCCCCCCC(=O)OCC(CCCCN(CCN(CCO)CCCCCC(=O)NCC(CCCCCC)CCCCCCCC)C1CCCCC1)COC(=O)CCCCCCC/C=C\C/C=C\CCCCC. The van der Waals surface area contributed by atoms with Gasteiger partial charge in [0.05, 0.1) is 19.8 Å². The Bertz CT molecular complexity index is 1490. The van der Waals surface area contributed by atoms with Crippen LogP contribution >= 0.6 is 0 Å². The average Bonchev–Trinajstić information content (AvgIpc) is 3.55. The summed E-state index contributed by atoms with van der Waals surface area (Å²) < 4.78 is 11.8. The van der Waals surface area contributed by atoms with Crippen molar-refractivity contribution in [2.45, 2.75) is 342 Å². The van der Waals surface area contributed by atoms with Gasteiger partial charge in [0.15, 0.2) is 0 Å². The topological polar surface area (TPSA) is 108 Å². The van der Waals surface area contributed by atoms with Crippen LogP contribution in [0.3, 0.4) is 0 Å². The van der Waals surface area contributed by atoms with Crippen molar-refractivity contribution in [2.75, 3.05) is 59.1 Å². The fraction of sp³-hybridized carbons (Fsp3) is 0.853. The lowest BCUT2D eigenvalue weighted by molar-refractivity contribution is -0.149. The van der Waals surface area contributed by atoms with Crippen LogP contribution in [0.4, 0.5) is 0 Å². The fourth-order valence-corrected chi connectivity index (χ4v) is 11.9. The van der Waals surface area contributed by atoms with Gasteiger partial charge in [0.1, 0.15) is 0 Å². The summed E-state index contributed by atoms with van der Waals surface area (Å²) in [5, 5.41) is 13.4. The summed E-state index contributed by atoms with van der Waals surface area (Å²) in [4.78, 5) is 44.2. The molecule has 0 aliphatic heterocycles. The second-order valence-electron chi connectivity index (χ2n) is 25.5. The third-order valence-electron chi connectivity index (χ3n) is 17.5. The van der Waals surface area contributed by atoms with E-state index in [1.165, 1.54) is 186 Å². The molecule has 1 aliphatic carbocycles. The maximum Gasteiger partial charge on any atom is 0.305 e. The molecular weight excluding hydrogens is 1040 g/mol. The summed E-state index contributed by atoms with van der Waals surface area (Å²) in [6.45, 7) is 15.2. The molecule has 0 bridgehead atoms. The number of carbonyl (C=O) groups is 3. The van der Waals surface area contributed by atoms with E-state index in [4.69, 9.17) is 9.47 Å². The zero-order valence-electron chi connectivity index (χ0n) is 56.0. The first kappa shape index (κ1) is 79.3. The van der Waals surface area contributed by atoms with E-state index >= 15 is 0 Å². The lowest BCUT2D eigenvalue weighted by Crippen LogP contribution is -2.43. The average molecular weight is 1180 g/mol. The van der Waals surface area contributed by atoms with E-state index in [0.717, 1.165) is 135 Å². The summed E-state index contributed by atoms with van der Waals surface area (Å²) in [7, 11) is 0. The standard InChI is InChI=1S/C75H139N3O6/c1-5-9-13-17-20-22-24-26-28-30-32-34-36-39-48-59-74(81)83-68-71(69-84-75(82)60-49-40-37-35-33-31-29-27-25-23-21-18-14-10-6-2)55-50-52-62-78(72-56-45-41-46-57-72)64-63-77(65-66-79)61-51-42-47-58-73(80)76-67-70(53-43-16-12-8-4)54-44-38-19-15-11-7-3/h20-23,26-29,70-72,79H,5-19,24-25,30-69H2,1-4H3,(H,76,80)/b22-20-,23-21-,28-26-,29-27-. The van der Waals surface area contributed by atoms with Gasteiger partial charge in [-0.2, -0.15) is 0 Å². The second kappa shape index (κ2) is 63.3. The van der Waals surface area contributed by atoms with Crippen molar-refractivity contribution in [3.05, 3.63) is 48.6 Å². The number of rotatable bonds is 63. The number of aliphatic hydroxyl groups is 1. The maximum atomic E-state index is 13.0. The van der Waals surface area contributed by atoms with E-state index in [-0.39, 0.29) is 30.4 Å². The second-order valence-corrected chi connectivity index (χ2v) is 25.5. The molecule has 490 valence electrons. The van der Waals surface area contributed by atoms with Crippen LogP contribution in [-0.2, 0) is 23.9 Å². The minimum Gasteiger partial charge on any atom is -0.465 e. The Hall–Kier alpha value is -2.75. The number of hydrogen-bond donors (Lipinski definition) is 2. The lowest BCUT2D eigenvalue weighted by atomic mass is 9.93. The van der Waals surface area contributed by atoms with Gasteiger partial charge >= 0.3 is 11.9 Å². The molecule has 1 aliphatic rings. The van der Waals surface area contributed by atoms with Gasteiger partial charge in [-0.15, -0.1) is 0 Å². The van der Waals surface area contributed by atoms with E-state index in [1.807, 2.05) is 0 Å². The smallest absolute Gasteiger partial charge is 0.305 e. The quantitative estimate of drug-likeness (QED) is 0.0352. The lowest BCUT2D eigenvalue weighted by Gasteiger charge is -2.36. The van der Waals surface area contributed by atoms with Crippen molar-refractivity contribution in [2.24, 2.45) is 11.8 Å². The summed E-state index contributed by atoms with van der Waals surface area (Å²) in [5.74, 6) is 0.553. The molecule has 9 nitrogen and oxygen atoms in total. The number of hydrogen-bond acceptors (Lipinski definition) is 8. The van der Waals surface area contributed by atoms with E-state index in [2.05, 4.69) is 91.4 Å². The van der Waals surface area contributed by atoms with Crippen molar-refractivity contribution < 1.29 is 29.0 Å². The van der Waals surface area contributed by atoms with Gasteiger partial charge < -0.3 is 19.9 Å². The predicted octanol–water partition coefficient (Wildman–Crippen LogP) is 20.4. The molecule has 1 fully saturated rings. The third kappa shape index (κ3) is 53.5. The van der Waals surface area contributed by atoms with Crippen LogP contribution in [0.25, 0.3) is 0 Å². The highest BCUT2D eigenvalue weighted by Gasteiger charge is 2.23. The van der Waals surface area contributed by atoms with Crippen LogP contribution in [0.2, 0.25) is 0 Å². The van der Waals surface area contributed by atoms with E-state index < -0.39 is 0 Å². The largest absolute Gasteiger partial charge is 0.465 e. The molecule has 1 amide bonds. The number of carbonyl (C=O) groups excluding carboxylic acids is 3. The van der Waals surface area contributed by atoms with E-state index in [0.29, 0.717) is 51.0 Å². The molecule has 1 atom stereocenters. The molecule has 0 aromatic heterocycles. The Kier molecular flexibility index (Phi) is 59.7. The highest BCUT2D eigenvalue weighted by Crippen LogP contribution is 2.24. The summed E-state index contributed by atoms with van der Waals surface area (Å²) in [5.41, 5.74) is 0. The molecule has 2 N–H and O–H groups in total. The Morgan fingerprint density at radius 1 is 0.429 bits per heavy atom. The third-order valence-corrected chi connectivity index (χ3v) is 17.5. The van der Waals surface area contributed by atoms with Crippen LogP contribution in [0, 0.1) is 11.8 Å². The number of nitrogens with zero attached hydrogens (tertiary/aromatic N) is 2. The molecule has 84 heavy (non-hydrogen) atoms. The summed E-state index contributed by atoms with van der Waals surface area (Å²) >= 11 is 0. The molecule has 0 aromatic rings.